The molecule has 0 aliphatic carbocycles. The molecule has 1 aliphatic heterocycles. The highest BCUT2D eigenvalue weighted by Gasteiger charge is 2.33. The second-order valence-electron chi connectivity index (χ2n) is 7.64. The van der Waals surface area contributed by atoms with E-state index in [0.717, 1.165) is 14.7 Å². The number of para-hydroxylation sites is 1. The number of amides is 2. The summed E-state index contributed by atoms with van der Waals surface area (Å²) < 4.78 is 7.93. The number of thiazole rings is 1. The van der Waals surface area contributed by atoms with Gasteiger partial charge in [0.1, 0.15) is 5.75 Å². The van der Waals surface area contributed by atoms with E-state index in [0.29, 0.717) is 36.4 Å². The highest BCUT2D eigenvalue weighted by atomic mass is 79.9. The van der Waals surface area contributed by atoms with Crippen LogP contribution in [0.1, 0.15) is 5.56 Å². The van der Waals surface area contributed by atoms with Crippen LogP contribution < -0.4 is 15.5 Å². The number of nitrogens with one attached hydrogen (secondary N) is 2. The number of benzene rings is 3. The number of thioether (sulfide) groups is 1. The van der Waals surface area contributed by atoms with Gasteiger partial charge in [0.05, 0.1) is 15.1 Å². The molecule has 186 valence electrons. The summed E-state index contributed by atoms with van der Waals surface area (Å²) in [6.45, 7) is -0.217. The van der Waals surface area contributed by atoms with Crippen molar-refractivity contribution in [3.63, 3.8) is 0 Å². The van der Waals surface area contributed by atoms with Crippen LogP contribution in [0.5, 0.6) is 5.75 Å². The molecule has 0 bridgehead atoms. The van der Waals surface area contributed by atoms with Crippen molar-refractivity contribution < 1.29 is 14.3 Å². The first-order valence-electron chi connectivity index (χ1n) is 10.7. The van der Waals surface area contributed by atoms with Crippen molar-refractivity contribution in [3.8, 4) is 5.75 Å². The third-order valence-corrected chi connectivity index (χ3v) is 8.03. The molecule has 3 aromatic carbocycles. The first-order chi connectivity index (χ1) is 17.9. The third-order valence-electron chi connectivity index (χ3n) is 5.04. The summed E-state index contributed by atoms with van der Waals surface area (Å²) in [5.41, 5.74) is 5.09. The van der Waals surface area contributed by atoms with E-state index >= 15 is 0 Å². The Bertz CT molecular complexity index is 1530. The molecule has 0 saturated carbocycles. The SMILES string of the molecule is O=C(COc1ccc(Br)cc1/C=C1\SC(=S)N(Nc2nc3ccccc3s2)C1=O)Nc1ccc(Cl)cc1. The molecule has 2 N–H and O–H groups in total. The quantitative estimate of drug-likeness (QED) is 0.169. The van der Waals surface area contributed by atoms with E-state index in [4.69, 9.17) is 28.6 Å². The van der Waals surface area contributed by atoms with Crippen molar-refractivity contribution in [1.82, 2.24) is 9.99 Å². The van der Waals surface area contributed by atoms with Gasteiger partial charge in [-0.2, -0.15) is 5.01 Å². The maximum Gasteiger partial charge on any atom is 0.285 e. The van der Waals surface area contributed by atoms with Crippen molar-refractivity contribution >= 4 is 106 Å². The fraction of sp³-hybridized carbons (Fsp3) is 0.0400. The average molecular weight is 632 g/mol. The second-order valence-corrected chi connectivity index (χ2v) is 11.7. The maximum absolute atomic E-state index is 13.2. The smallest absolute Gasteiger partial charge is 0.285 e. The van der Waals surface area contributed by atoms with Gasteiger partial charge in [0.15, 0.2) is 10.9 Å². The maximum atomic E-state index is 13.2. The van der Waals surface area contributed by atoms with Gasteiger partial charge < -0.3 is 10.1 Å². The molecule has 2 amide bonds. The van der Waals surface area contributed by atoms with Gasteiger partial charge in [-0.25, -0.2) is 4.98 Å². The largest absolute Gasteiger partial charge is 0.483 e. The molecule has 0 atom stereocenters. The number of anilines is 2. The minimum Gasteiger partial charge on any atom is -0.483 e. The highest BCUT2D eigenvalue weighted by Crippen LogP contribution is 2.36. The predicted octanol–water partition coefficient (Wildman–Crippen LogP) is 6.96. The molecule has 1 saturated heterocycles. The van der Waals surface area contributed by atoms with Gasteiger partial charge in [0.25, 0.3) is 11.8 Å². The van der Waals surface area contributed by atoms with E-state index in [9.17, 15) is 9.59 Å². The number of hydrazine groups is 1. The number of carbonyl (C=O) groups is 2. The molecule has 12 heteroatoms. The summed E-state index contributed by atoms with van der Waals surface area (Å²) in [5.74, 6) is -0.193. The van der Waals surface area contributed by atoms with Crippen LogP contribution in [0.25, 0.3) is 16.3 Å². The van der Waals surface area contributed by atoms with Crippen LogP contribution in [0, 0.1) is 0 Å². The van der Waals surface area contributed by atoms with E-state index in [2.05, 4.69) is 31.7 Å². The number of hydrogen-bond donors (Lipinski definition) is 2. The average Bonchev–Trinajstić information content (AvgIpc) is 3.40. The third kappa shape index (κ3) is 6.13. The minimum atomic E-state index is -0.331. The van der Waals surface area contributed by atoms with Crippen LogP contribution in [0.15, 0.2) is 76.1 Å². The summed E-state index contributed by atoms with van der Waals surface area (Å²) in [6, 6.07) is 19.8. The van der Waals surface area contributed by atoms with Crippen LogP contribution in [0.3, 0.4) is 0 Å². The molecule has 5 rings (SSSR count). The minimum absolute atomic E-state index is 0.217. The Labute approximate surface area is 239 Å². The lowest BCUT2D eigenvalue weighted by atomic mass is 10.2. The van der Waals surface area contributed by atoms with Gasteiger partial charge in [-0.05, 0) is 72.9 Å². The Morgan fingerprint density at radius 1 is 1.16 bits per heavy atom. The number of nitrogens with zero attached hydrogens (tertiary/aromatic N) is 2. The van der Waals surface area contributed by atoms with E-state index < -0.39 is 0 Å². The van der Waals surface area contributed by atoms with Crippen molar-refractivity contribution in [2.45, 2.75) is 0 Å². The molecule has 0 spiro atoms. The first-order valence-corrected chi connectivity index (χ1v) is 13.9. The molecule has 37 heavy (non-hydrogen) atoms. The zero-order chi connectivity index (χ0) is 25.9. The number of aromatic nitrogens is 1. The lowest BCUT2D eigenvalue weighted by molar-refractivity contribution is -0.121. The van der Waals surface area contributed by atoms with Crippen LogP contribution in [0.4, 0.5) is 10.8 Å². The Morgan fingerprint density at radius 3 is 2.73 bits per heavy atom. The Balaban J connectivity index is 1.30. The van der Waals surface area contributed by atoms with Gasteiger partial charge in [-0.3, -0.25) is 15.0 Å². The number of rotatable bonds is 7. The number of halogens is 2. The standard InChI is InChI=1S/C25H16BrClN4O3S3/c26-15-5-10-19(34-13-22(32)28-17-8-6-16(27)7-9-17)14(11-15)12-21-23(33)31(25(35)37-21)30-24-29-18-3-1-2-4-20(18)36-24/h1-12H,13H2,(H,28,32)(H,29,30)/b21-12-. The van der Waals surface area contributed by atoms with Gasteiger partial charge in [0.2, 0.25) is 5.13 Å². The monoisotopic (exact) mass is 630 g/mol. The van der Waals surface area contributed by atoms with E-state index in [1.54, 1.807) is 48.5 Å². The summed E-state index contributed by atoms with van der Waals surface area (Å²) in [4.78, 5) is 30.5. The predicted molar refractivity (Wildman–Crippen MR) is 158 cm³/mol. The van der Waals surface area contributed by atoms with Crippen LogP contribution in [0.2, 0.25) is 5.02 Å². The molecule has 4 aromatic rings. The zero-order valence-electron chi connectivity index (χ0n) is 18.7. The number of fused-ring (bicyclic) bond motifs is 1. The molecular weight excluding hydrogens is 616 g/mol. The number of carbonyl (C=O) groups excluding carboxylic acids is 2. The first kappa shape index (κ1) is 25.7. The summed E-state index contributed by atoms with van der Waals surface area (Å²) in [7, 11) is 0. The van der Waals surface area contributed by atoms with Gasteiger partial charge >= 0.3 is 0 Å². The summed E-state index contributed by atoms with van der Waals surface area (Å²) in [5, 5.41) is 5.20. The Morgan fingerprint density at radius 2 is 1.95 bits per heavy atom. The van der Waals surface area contributed by atoms with Gasteiger partial charge in [-0.15, -0.1) is 0 Å². The summed E-state index contributed by atoms with van der Waals surface area (Å²) >= 11 is 17.4. The molecular formula is C25H16BrClN4O3S3. The fourth-order valence-electron chi connectivity index (χ4n) is 3.36. The van der Waals surface area contributed by atoms with Crippen LogP contribution in [-0.2, 0) is 9.59 Å². The Kier molecular flexibility index (Phi) is 7.77. The second kappa shape index (κ2) is 11.2. The molecule has 2 heterocycles. The van der Waals surface area contributed by atoms with Crippen molar-refractivity contribution in [3.05, 3.63) is 86.7 Å². The van der Waals surface area contributed by atoms with E-state index in [1.807, 2.05) is 24.3 Å². The summed E-state index contributed by atoms with van der Waals surface area (Å²) in [6.07, 6.45) is 1.69. The van der Waals surface area contributed by atoms with Crippen LogP contribution >= 0.6 is 62.8 Å². The van der Waals surface area contributed by atoms with Crippen molar-refractivity contribution in [1.29, 1.82) is 0 Å². The van der Waals surface area contributed by atoms with E-state index in [1.165, 1.54) is 28.1 Å². The highest BCUT2D eigenvalue weighted by molar-refractivity contribution is 9.10. The molecule has 0 unspecified atom stereocenters. The number of thiocarbonyl (C=S) groups is 1. The number of ether oxygens (including phenoxy) is 1. The lowest BCUT2D eigenvalue weighted by Crippen LogP contribution is -2.33. The molecule has 1 aromatic heterocycles. The Hall–Kier alpha value is -2.96. The van der Waals surface area contributed by atoms with E-state index in [-0.39, 0.29) is 18.4 Å². The van der Waals surface area contributed by atoms with Gasteiger partial charge in [-0.1, -0.05) is 62.8 Å². The molecule has 1 aliphatic rings. The molecule has 7 nitrogen and oxygen atoms in total. The topological polar surface area (TPSA) is 83.6 Å². The van der Waals surface area contributed by atoms with Crippen molar-refractivity contribution in [2.75, 3.05) is 17.3 Å². The zero-order valence-corrected chi connectivity index (χ0v) is 23.5. The molecule has 1 fully saturated rings. The fourth-order valence-corrected chi connectivity index (χ4v) is 5.89. The normalized spacial score (nSPS) is 14.4. The lowest BCUT2D eigenvalue weighted by Gasteiger charge is -2.14. The molecule has 0 radical (unpaired) electrons. The van der Waals surface area contributed by atoms with Gasteiger partial charge in [0, 0.05) is 20.7 Å². The van der Waals surface area contributed by atoms with Crippen LogP contribution in [-0.4, -0.2) is 32.7 Å². The van der Waals surface area contributed by atoms with Crippen molar-refractivity contribution in [2.24, 2.45) is 0 Å². The number of hydrogen-bond acceptors (Lipinski definition) is 8.